The minimum atomic E-state index is -0.476. The molecule has 2 N–H and O–H groups in total. The lowest BCUT2D eigenvalue weighted by Gasteiger charge is -2.19. The maximum absolute atomic E-state index is 11.5. The Morgan fingerprint density at radius 2 is 2.00 bits per heavy atom. The zero-order valence-corrected chi connectivity index (χ0v) is 14.7. The molecule has 0 aliphatic rings. The molecule has 6 nitrogen and oxygen atoms in total. The van der Waals surface area contributed by atoms with Crippen molar-refractivity contribution in [3.8, 4) is 5.75 Å². The van der Waals surface area contributed by atoms with Crippen LogP contribution in [-0.4, -0.2) is 36.9 Å². The first kappa shape index (κ1) is 17.8. The number of nitrogens with zero attached hydrogens (tertiary/aromatic N) is 1. The summed E-state index contributed by atoms with van der Waals surface area (Å²) in [7, 11) is 1.65. The van der Waals surface area contributed by atoms with Crippen molar-refractivity contribution in [1.82, 2.24) is 10.3 Å². The number of anilines is 1. The highest BCUT2D eigenvalue weighted by molar-refractivity contribution is 5.92. The van der Waals surface area contributed by atoms with Crippen LogP contribution < -0.4 is 15.4 Å². The molecule has 0 bridgehead atoms. The average molecular weight is 331 g/mol. The van der Waals surface area contributed by atoms with Crippen molar-refractivity contribution in [3.05, 3.63) is 30.5 Å². The summed E-state index contributed by atoms with van der Waals surface area (Å²) in [5.41, 5.74) is -0.476. The average Bonchev–Trinajstić information content (AvgIpc) is 2.52. The Morgan fingerprint density at radius 3 is 2.71 bits per heavy atom. The maximum Gasteiger partial charge on any atom is 0.407 e. The molecule has 1 aromatic carbocycles. The number of carbonyl (C=O) groups is 1. The molecule has 0 radical (unpaired) electrons. The fourth-order valence-electron chi connectivity index (χ4n) is 2.22. The number of hydrogen-bond acceptors (Lipinski definition) is 5. The second-order valence-electron chi connectivity index (χ2n) is 6.46. The largest absolute Gasteiger partial charge is 0.497 e. The van der Waals surface area contributed by atoms with E-state index in [1.807, 2.05) is 45.0 Å². The number of methoxy groups -OCH3 is 1. The van der Waals surface area contributed by atoms with Gasteiger partial charge < -0.3 is 20.1 Å². The first-order valence-corrected chi connectivity index (χ1v) is 8.02. The Hall–Kier alpha value is -2.50. The van der Waals surface area contributed by atoms with Crippen molar-refractivity contribution < 1.29 is 14.3 Å². The van der Waals surface area contributed by atoms with Crippen LogP contribution in [0.4, 0.5) is 10.6 Å². The Labute approximate surface area is 142 Å². The molecule has 2 rings (SSSR count). The molecule has 1 heterocycles. The predicted molar refractivity (Wildman–Crippen MR) is 95.6 cm³/mol. The third kappa shape index (κ3) is 5.30. The van der Waals surface area contributed by atoms with Crippen LogP contribution in [0.25, 0.3) is 10.8 Å². The number of ether oxygens (including phenoxy) is 2. The third-order valence-electron chi connectivity index (χ3n) is 3.29. The molecule has 0 atom stereocenters. The van der Waals surface area contributed by atoms with Crippen LogP contribution in [0.3, 0.4) is 0 Å². The van der Waals surface area contributed by atoms with E-state index >= 15 is 0 Å². The first-order chi connectivity index (χ1) is 11.4. The fourth-order valence-corrected chi connectivity index (χ4v) is 2.22. The van der Waals surface area contributed by atoms with Crippen molar-refractivity contribution in [3.63, 3.8) is 0 Å². The van der Waals surface area contributed by atoms with Crippen LogP contribution in [-0.2, 0) is 4.74 Å². The monoisotopic (exact) mass is 331 g/mol. The van der Waals surface area contributed by atoms with Gasteiger partial charge in [-0.1, -0.05) is 0 Å². The summed E-state index contributed by atoms with van der Waals surface area (Å²) in [5.74, 6) is 1.65. The molecule has 6 heteroatoms. The van der Waals surface area contributed by atoms with Crippen LogP contribution in [0.1, 0.15) is 27.2 Å². The highest BCUT2D eigenvalue weighted by Gasteiger charge is 2.15. The van der Waals surface area contributed by atoms with E-state index < -0.39 is 11.7 Å². The molecule has 0 saturated heterocycles. The molecule has 0 saturated carbocycles. The van der Waals surface area contributed by atoms with Crippen molar-refractivity contribution in [2.45, 2.75) is 32.8 Å². The Balaban J connectivity index is 1.83. The summed E-state index contributed by atoms with van der Waals surface area (Å²) in [4.78, 5) is 15.9. The van der Waals surface area contributed by atoms with Gasteiger partial charge in [-0.2, -0.15) is 0 Å². The van der Waals surface area contributed by atoms with Gasteiger partial charge in [-0.25, -0.2) is 9.78 Å². The smallest absolute Gasteiger partial charge is 0.407 e. The molecular formula is C18H25N3O3. The molecule has 130 valence electrons. The van der Waals surface area contributed by atoms with E-state index in [1.165, 1.54) is 0 Å². The lowest BCUT2D eigenvalue weighted by atomic mass is 10.1. The lowest BCUT2D eigenvalue weighted by molar-refractivity contribution is 0.0528. The molecule has 24 heavy (non-hydrogen) atoms. The number of benzene rings is 1. The summed E-state index contributed by atoms with van der Waals surface area (Å²) < 4.78 is 10.4. The van der Waals surface area contributed by atoms with E-state index in [-0.39, 0.29) is 0 Å². The summed E-state index contributed by atoms with van der Waals surface area (Å²) >= 11 is 0. The Morgan fingerprint density at radius 1 is 1.21 bits per heavy atom. The molecule has 1 aromatic heterocycles. The number of nitrogens with one attached hydrogen (secondary N) is 2. The molecule has 0 spiro atoms. The minimum absolute atomic E-state index is 0.391. The van der Waals surface area contributed by atoms with Crippen molar-refractivity contribution in [2.24, 2.45) is 0 Å². The van der Waals surface area contributed by atoms with Gasteiger partial charge in [0.15, 0.2) is 0 Å². The predicted octanol–water partition coefficient (Wildman–Crippen LogP) is 3.57. The number of hydrogen-bond donors (Lipinski definition) is 2. The minimum Gasteiger partial charge on any atom is -0.497 e. The summed E-state index contributed by atoms with van der Waals surface area (Å²) in [6.45, 7) is 6.77. The molecule has 0 unspecified atom stereocenters. The van der Waals surface area contributed by atoms with Crippen LogP contribution in [0.5, 0.6) is 5.75 Å². The third-order valence-corrected chi connectivity index (χ3v) is 3.29. The van der Waals surface area contributed by atoms with Crippen LogP contribution in [0.2, 0.25) is 0 Å². The van der Waals surface area contributed by atoms with Gasteiger partial charge in [0.25, 0.3) is 0 Å². The second kappa shape index (κ2) is 7.86. The summed E-state index contributed by atoms with van der Waals surface area (Å²) in [6, 6.07) is 7.83. The molecule has 2 aromatic rings. The van der Waals surface area contributed by atoms with Gasteiger partial charge in [0.2, 0.25) is 0 Å². The van der Waals surface area contributed by atoms with Gasteiger partial charge >= 0.3 is 6.09 Å². The van der Waals surface area contributed by atoms with Crippen LogP contribution in [0.15, 0.2) is 30.5 Å². The first-order valence-electron chi connectivity index (χ1n) is 8.02. The van der Waals surface area contributed by atoms with Crippen LogP contribution >= 0.6 is 0 Å². The van der Waals surface area contributed by atoms with Gasteiger partial charge in [0.05, 0.1) is 7.11 Å². The van der Waals surface area contributed by atoms with Gasteiger partial charge in [-0.3, -0.25) is 0 Å². The SMILES string of the molecule is COc1ccc2c(NCCCNC(=O)OC(C)(C)C)nccc2c1. The highest BCUT2D eigenvalue weighted by Crippen LogP contribution is 2.25. The number of pyridine rings is 1. The zero-order valence-electron chi connectivity index (χ0n) is 14.7. The summed E-state index contributed by atoms with van der Waals surface area (Å²) in [6.07, 6.45) is 2.15. The van der Waals surface area contributed by atoms with E-state index in [4.69, 9.17) is 9.47 Å². The van der Waals surface area contributed by atoms with E-state index in [9.17, 15) is 4.79 Å². The number of rotatable bonds is 6. The molecule has 0 aliphatic carbocycles. The van der Waals surface area contributed by atoms with E-state index in [0.29, 0.717) is 13.1 Å². The Bertz CT molecular complexity index is 695. The van der Waals surface area contributed by atoms with Crippen molar-refractivity contribution in [2.75, 3.05) is 25.5 Å². The second-order valence-corrected chi connectivity index (χ2v) is 6.46. The molecule has 0 aliphatic heterocycles. The Kier molecular flexibility index (Phi) is 5.84. The lowest BCUT2D eigenvalue weighted by Crippen LogP contribution is -2.33. The molecular weight excluding hydrogens is 306 g/mol. The molecule has 0 fully saturated rings. The number of amides is 1. The quantitative estimate of drug-likeness (QED) is 0.792. The van der Waals surface area contributed by atoms with Gasteiger partial charge in [-0.05, 0) is 56.8 Å². The standard InChI is InChI=1S/C18H25N3O3/c1-18(2,3)24-17(22)21-10-5-9-19-16-15-7-6-14(23-4)12-13(15)8-11-20-16/h6-8,11-12H,5,9-10H2,1-4H3,(H,19,20)(H,21,22). The van der Waals surface area contributed by atoms with Crippen molar-refractivity contribution in [1.29, 1.82) is 0 Å². The van der Waals surface area contributed by atoms with Gasteiger partial charge in [0.1, 0.15) is 17.2 Å². The van der Waals surface area contributed by atoms with E-state index in [2.05, 4.69) is 15.6 Å². The molecule has 1 amide bonds. The fraction of sp³-hybridized carbons (Fsp3) is 0.444. The highest BCUT2D eigenvalue weighted by atomic mass is 16.6. The van der Waals surface area contributed by atoms with E-state index in [1.54, 1.807) is 13.3 Å². The maximum atomic E-state index is 11.5. The number of alkyl carbamates (subject to hydrolysis) is 1. The van der Waals surface area contributed by atoms with Crippen molar-refractivity contribution >= 4 is 22.7 Å². The zero-order chi connectivity index (χ0) is 17.6. The summed E-state index contributed by atoms with van der Waals surface area (Å²) in [5, 5.41) is 8.15. The number of aromatic nitrogens is 1. The number of fused-ring (bicyclic) bond motifs is 1. The van der Waals surface area contributed by atoms with Gasteiger partial charge in [-0.15, -0.1) is 0 Å². The normalized spacial score (nSPS) is 11.2. The van der Waals surface area contributed by atoms with Gasteiger partial charge in [0, 0.05) is 24.7 Å². The van der Waals surface area contributed by atoms with Crippen LogP contribution in [0, 0.1) is 0 Å². The topological polar surface area (TPSA) is 72.5 Å². The van der Waals surface area contributed by atoms with E-state index in [0.717, 1.165) is 28.8 Å². The number of carbonyl (C=O) groups excluding carboxylic acids is 1.